The zero-order chi connectivity index (χ0) is 23.8. The number of ether oxygens (including phenoxy) is 4. The molecule has 1 amide bonds. The highest BCUT2D eigenvalue weighted by atomic mass is 16.5. The Labute approximate surface area is 191 Å². The maximum Gasteiger partial charge on any atom is 0.336 e. The summed E-state index contributed by atoms with van der Waals surface area (Å²) in [5, 5.41) is 3.44. The highest BCUT2D eigenvalue weighted by molar-refractivity contribution is 5.94. The molecule has 1 aromatic heterocycles. The number of nitrogens with one attached hydrogen (secondary N) is 1. The van der Waals surface area contributed by atoms with Crippen LogP contribution in [-0.4, -0.2) is 32.3 Å². The lowest BCUT2D eigenvalue weighted by Gasteiger charge is -2.33. The molecule has 8 nitrogen and oxygen atoms in total. The van der Waals surface area contributed by atoms with E-state index in [1.54, 1.807) is 31.4 Å². The monoisotopic (exact) mass is 453 g/mol. The van der Waals surface area contributed by atoms with Gasteiger partial charge in [0.05, 0.1) is 19.6 Å². The third-order valence-corrected chi connectivity index (χ3v) is 5.63. The SMILES string of the molecule is COc1ccc(NC(=O)COc2cc3c(c4oc(=O)cc(C)c24)CCC(C)(C)O3)cc1OC. The normalized spacial score (nSPS) is 14.2. The highest BCUT2D eigenvalue weighted by Crippen LogP contribution is 2.42. The van der Waals surface area contributed by atoms with Crippen molar-refractivity contribution in [2.45, 2.75) is 39.2 Å². The number of rotatable bonds is 6. The van der Waals surface area contributed by atoms with E-state index < -0.39 is 5.63 Å². The zero-order valence-electron chi connectivity index (χ0n) is 19.4. The number of amides is 1. The van der Waals surface area contributed by atoms with E-state index >= 15 is 0 Å². The number of aryl methyl sites for hydroxylation is 2. The molecule has 3 aromatic rings. The lowest BCUT2D eigenvalue weighted by molar-refractivity contribution is -0.118. The van der Waals surface area contributed by atoms with E-state index in [9.17, 15) is 9.59 Å². The Balaban J connectivity index is 1.61. The lowest BCUT2D eigenvalue weighted by Crippen LogP contribution is -2.32. The summed E-state index contributed by atoms with van der Waals surface area (Å²) in [6.45, 7) is 5.58. The third-order valence-electron chi connectivity index (χ3n) is 5.63. The van der Waals surface area contributed by atoms with Crippen molar-refractivity contribution in [3.05, 3.63) is 51.9 Å². The smallest absolute Gasteiger partial charge is 0.336 e. The Morgan fingerprint density at radius 3 is 2.58 bits per heavy atom. The summed E-state index contributed by atoms with van der Waals surface area (Å²) in [6.07, 6.45) is 1.51. The molecular weight excluding hydrogens is 426 g/mol. The molecule has 0 spiro atoms. The van der Waals surface area contributed by atoms with Crippen LogP contribution in [0.5, 0.6) is 23.0 Å². The number of hydrogen-bond donors (Lipinski definition) is 1. The number of anilines is 1. The maximum absolute atomic E-state index is 12.6. The molecule has 2 aromatic carbocycles. The molecule has 0 unspecified atom stereocenters. The minimum Gasteiger partial charge on any atom is -0.493 e. The molecule has 4 rings (SSSR count). The lowest BCUT2D eigenvalue weighted by atomic mass is 9.92. The third kappa shape index (κ3) is 4.60. The zero-order valence-corrected chi connectivity index (χ0v) is 19.4. The number of fused-ring (bicyclic) bond motifs is 3. The molecule has 1 aliphatic rings. The van der Waals surface area contributed by atoms with Crippen LogP contribution in [0.3, 0.4) is 0 Å². The molecule has 1 N–H and O–H groups in total. The van der Waals surface area contributed by atoms with Crippen LogP contribution in [-0.2, 0) is 11.2 Å². The minimum absolute atomic E-state index is 0.246. The van der Waals surface area contributed by atoms with Gasteiger partial charge in [0.25, 0.3) is 5.91 Å². The van der Waals surface area contributed by atoms with Crippen molar-refractivity contribution in [1.82, 2.24) is 0 Å². The van der Waals surface area contributed by atoms with Gasteiger partial charge in [-0.25, -0.2) is 4.79 Å². The van der Waals surface area contributed by atoms with Gasteiger partial charge in [0.1, 0.15) is 22.7 Å². The van der Waals surface area contributed by atoms with Crippen molar-refractivity contribution in [2.75, 3.05) is 26.1 Å². The Kier molecular flexibility index (Phi) is 5.93. The first-order valence-corrected chi connectivity index (χ1v) is 10.6. The summed E-state index contributed by atoms with van der Waals surface area (Å²) < 4.78 is 28.1. The molecule has 0 fully saturated rings. The Hall–Kier alpha value is -3.68. The fraction of sp³-hybridized carbons (Fsp3) is 0.360. The van der Waals surface area contributed by atoms with Crippen LogP contribution < -0.4 is 29.9 Å². The number of carbonyl (C=O) groups is 1. The number of hydrogen-bond acceptors (Lipinski definition) is 7. The Morgan fingerprint density at radius 2 is 1.85 bits per heavy atom. The molecule has 2 heterocycles. The molecule has 0 saturated heterocycles. The molecule has 0 atom stereocenters. The van der Waals surface area contributed by atoms with E-state index in [2.05, 4.69) is 5.32 Å². The molecule has 0 radical (unpaired) electrons. The van der Waals surface area contributed by atoms with E-state index in [1.165, 1.54) is 13.2 Å². The first kappa shape index (κ1) is 22.5. The summed E-state index contributed by atoms with van der Waals surface area (Å²) >= 11 is 0. The van der Waals surface area contributed by atoms with Crippen molar-refractivity contribution in [3.8, 4) is 23.0 Å². The number of benzene rings is 2. The largest absolute Gasteiger partial charge is 0.493 e. The van der Waals surface area contributed by atoms with Crippen molar-refractivity contribution >= 4 is 22.6 Å². The highest BCUT2D eigenvalue weighted by Gasteiger charge is 2.30. The first-order valence-electron chi connectivity index (χ1n) is 10.6. The van der Waals surface area contributed by atoms with Gasteiger partial charge < -0.3 is 28.7 Å². The summed E-state index contributed by atoms with van der Waals surface area (Å²) in [5.41, 5.74) is 1.76. The Bertz CT molecular complexity index is 1280. The topological polar surface area (TPSA) is 96.2 Å². The van der Waals surface area contributed by atoms with Gasteiger partial charge in [0.2, 0.25) is 0 Å². The summed E-state index contributed by atoms with van der Waals surface area (Å²) in [5.74, 6) is 1.73. The molecule has 0 bridgehead atoms. The van der Waals surface area contributed by atoms with Crippen molar-refractivity contribution in [2.24, 2.45) is 0 Å². The maximum atomic E-state index is 12.6. The van der Waals surface area contributed by atoms with E-state index in [0.717, 1.165) is 12.0 Å². The molecule has 174 valence electrons. The quantitative estimate of drug-likeness (QED) is 0.558. The van der Waals surface area contributed by atoms with Gasteiger partial charge in [0, 0.05) is 29.4 Å². The van der Waals surface area contributed by atoms with Crippen LogP contribution in [0.15, 0.2) is 39.5 Å². The van der Waals surface area contributed by atoms with Crippen LogP contribution >= 0.6 is 0 Å². The standard InChI is InChI=1S/C25H27NO7/c1-14-10-22(28)32-24-16-8-9-25(2,3)33-18(16)12-20(23(14)24)31-13-21(27)26-15-6-7-17(29-4)19(11-15)30-5/h6-7,10-12H,8-9,13H2,1-5H3,(H,26,27). The van der Waals surface area contributed by atoms with Crippen LogP contribution in [0.25, 0.3) is 11.0 Å². The van der Waals surface area contributed by atoms with Gasteiger partial charge in [-0.05, 0) is 51.3 Å². The van der Waals surface area contributed by atoms with Gasteiger partial charge >= 0.3 is 5.63 Å². The van der Waals surface area contributed by atoms with Crippen LogP contribution in [0, 0.1) is 6.92 Å². The predicted octanol–water partition coefficient (Wildman–Crippen LogP) is 4.24. The second-order valence-electron chi connectivity index (χ2n) is 8.57. The summed E-state index contributed by atoms with van der Waals surface area (Å²) in [7, 11) is 3.07. The molecule has 0 aliphatic carbocycles. The fourth-order valence-corrected chi connectivity index (χ4v) is 3.99. The average molecular weight is 453 g/mol. The van der Waals surface area contributed by atoms with Gasteiger partial charge in [0.15, 0.2) is 18.1 Å². The molecule has 0 saturated carbocycles. The van der Waals surface area contributed by atoms with E-state index in [1.807, 2.05) is 20.8 Å². The first-order chi connectivity index (χ1) is 15.7. The molecular formula is C25H27NO7. The van der Waals surface area contributed by atoms with Gasteiger partial charge in [-0.1, -0.05) is 0 Å². The number of carbonyl (C=O) groups excluding carboxylic acids is 1. The summed E-state index contributed by atoms with van der Waals surface area (Å²) in [4.78, 5) is 24.7. The van der Waals surface area contributed by atoms with Gasteiger partial charge in [-0.3, -0.25) is 4.79 Å². The van der Waals surface area contributed by atoms with Crippen molar-refractivity contribution in [3.63, 3.8) is 0 Å². The average Bonchev–Trinajstić information content (AvgIpc) is 2.76. The molecule has 1 aliphatic heterocycles. The minimum atomic E-state index is -0.435. The van der Waals surface area contributed by atoms with E-state index in [-0.39, 0.29) is 18.1 Å². The molecule has 33 heavy (non-hydrogen) atoms. The van der Waals surface area contributed by atoms with Crippen molar-refractivity contribution < 1.29 is 28.2 Å². The van der Waals surface area contributed by atoms with Crippen LogP contribution in [0.2, 0.25) is 0 Å². The second kappa shape index (κ2) is 8.69. The predicted molar refractivity (Wildman–Crippen MR) is 124 cm³/mol. The van der Waals surface area contributed by atoms with Crippen LogP contribution in [0.4, 0.5) is 5.69 Å². The van der Waals surface area contributed by atoms with Gasteiger partial charge in [-0.2, -0.15) is 0 Å². The fourth-order valence-electron chi connectivity index (χ4n) is 3.99. The van der Waals surface area contributed by atoms with Crippen LogP contribution in [0.1, 0.15) is 31.4 Å². The second-order valence-corrected chi connectivity index (χ2v) is 8.57. The molecule has 8 heteroatoms. The van der Waals surface area contributed by atoms with E-state index in [4.69, 9.17) is 23.4 Å². The number of methoxy groups -OCH3 is 2. The summed E-state index contributed by atoms with van der Waals surface area (Å²) in [6, 6.07) is 8.27. The van der Waals surface area contributed by atoms with E-state index in [0.29, 0.717) is 51.6 Å². The Morgan fingerprint density at radius 1 is 1.09 bits per heavy atom. The van der Waals surface area contributed by atoms with Crippen molar-refractivity contribution in [1.29, 1.82) is 0 Å². The van der Waals surface area contributed by atoms with Gasteiger partial charge in [-0.15, -0.1) is 0 Å².